The minimum absolute atomic E-state index is 0.244. The Bertz CT molecular complexity index is 323. The van der Waals surface area contributed by atoms with E-state index in [0.717, 1.165) is 12.8 Å². The molecule has 0 unspecified atom stereocenters. The van der Waals surface area contributed by atoms with Crippen LogP contribution in [0.25, 0.3) is 0 Å². The highest BCUT2D eigenvalue weighted by molar-refractivity contribution is 5.92. The van der Waals surface area contributed by atoms with Crippen molar-refractivity contribution < 1.29 is 9.53 Å². The fourth-order valence-corrected chi connectivity index (χ4v) is 1.40. The van der Waals surface area contributed by atoms with Gasteiger partial charge in [-0.3, -0.25) is 5.10 Å². The Labute approximate surface area is 95.4 Å². The summed E-state index contributed by atoms with van der Waals surface area (Å²) in [6.07, 6.45) is 7.04. The number of unbranched alkanes of at least 4 members (excludes halogenated alkanes) is 4. The molecule has 3 N–H and O–H groups in total. The SMILES string of the molecule is CCCCCCCOC(=O)c1[nH]ncc1N. The predicted octanol–water partition coefficient (Wildman–Crippen LogP) is 2.12. The number of H-pyrrole nitrogens is 1. The Morgan fingerprint density at radius 3 is 2.81 bits per heavy atom. The van der Waals surface area contributed by atoms with Crippen molar-refractivity contribution in [3.05, 3.63) is 11.9 Å². The molecule has 0 aliphatic heterocycles. The van der Waals surface area contributed by atoms with Crippen molar-refractivity contribution in [1.29, 1.82) is 0 Å². The summed E-state index contributed by atoms with van der Waals surface area (Å²) in [4.78, 5) is 11.4. The van der Waals surface area contributed by atoms with E-state index in [-0.39, 0.29) is 5.69 Å². The number of esters is 1. The number of nitrogens with two attached hydrogens (primary N) is 1. The number of nitrogen functional groups attached to an aromatic ring is 1. The van der Waals surface area contributed by atoms with Crippen molar-refractivity contribution in [2.24, 2.45) is 0 Å². The number of ether oxygens (including phenoxy) is 1. The van der Waals surface area contributed by atoms with E-state index in [9.17, 15) is 4.79 Å². The third kappa shape index (κ3) is 3.92. The molecule has 0 atom stereocenters. The highest BCUT2D eigenvalue weighted by Crippen LogP contribution is 2.08. The van der Waals surface area contributed by atoms with Gasteiger partial charge in [-0.1, -0.05) is 32.6 Å². The minimum Gasteiger partial charge on any atom is -0.461 e. The molecule has 1 aromatic rings. The van der Waals surface area contributed by atoms with Gasteiger partial charge in [0, 0.05) is 0 Å². The van der Waals surface area contributed by atoms with Crippen LogP contribution in [0.2, 0.25) is 0 Å². The van der Waals surface area contributed by atoms with Crippen molar-refractivity contribution in [1.82, 2.24) is 10.2 Å². The van der Waals surface area contributed by atoms with Crippen LogP contribution in [0.5, 0.6) is 0 Å². The lowest BCUT2D eigenvalue weighted by molar-refractivity contribution is 0.0492. The molecule has 5 heteroatoms. The number of hydrogen-bond acceptors (Lipinski definition) is 4. The molecule has 1 aromatic heterocycles. The van der Waals surface area contributed by atoms with Gasteiger partial charge in [0.2, 0.25) is 0 Å². The van der Waals surface area contributed by atoms with Crippen molar-refractivity contribution in [3.8, 4) is 0 Å². The summed E-state index contributed by atoms with van der Waals surface area (Å²) in [6, 6.07) is 0. The maximum absolute atomic E-state index is 11.4. The molecule has 0 fully saturated rings. The molecule has 0 saturated heterocycles. The van der Waals surface area contributed by atoms with Crippen molar-refractivity contribution in [2.75, 3.05) is 12.3 Å². The number of nitrogens with zero attached hydrogens (tertiary/aromatic N) is 1. The Hall–Kier alpha value is -1.52. The number of carbonyl (C=O) groups is 1. The van der Waals surface area contributed by atoms with Crippen LogP contribution in [0, 0.1) is 0 Å². The van der Waals surface area contributed by atoms with Gasteiger partial charge in [0.05, 0.1) is 18.5 Å². The van der Waals surface area contributed by atoms with Gasteiger partial charge in [0.15, 0.2) is 5.69 Å². The maximum atomic E-state index is 11.4. The zero-order chi connectivity index (χ0) is 11.8. The number of aromatic nitrogens is 2. The van der Waals surface area contributed by atoms with Gasteiger partial charge < -0.3 is 10.5 Å². The lowest BCUT2D eigenvalue weighted by Gasteiger charge is -2.03. The van der Waals surface area contributed by atoms with Crippen LogP contribution in [0.3, 0.4) is 0 Å². The van der Waals surface area contributed by atoms with Crippen LogP contribution < -0.4 is 5.73 Å². The van der Waals surface area contributed by atoms with Crippen LogP contribution in [-0.4, -0.2) is 22.8 Å². The van der Waals surface area contributed by atoms with Crippen LogP contribution in [0.15, 0.2) is 6.20 Å². The Morgan fingerprint density at radius 1 is 1.44 bits per heavy atom. The number of rotatable bonds is 7. The van der Waals surface area contributed by atoms with Crippen molar-refractivity contribution >= 4 is 11.7 Å². The van der Waals surface area contributed by atoms with E-state index in [1.54, 1.807) is 0 Å². The summed E-state index contributed by atoms with van der Waals surface area (Å²) < 4.78 is 5.06. The summed E-state index contributed by atoms with van der Waals surface area (Å²) in [5.41, 5.74) is 6.09. The molecule has 1 rings (SSSR count). The maximum Gasteiger partial charge on any atom is 0.358 e. The van der Waals surface area contributed by atoms with Gasteiger partial charge >= 0.3 is 5.97 Å². The molecular formula is C11H19N3O2. The van der Waals surface area contributed by atoms with E-state index in [2.05, 4.69) is 17.1 Å². The first-order valence-corrected chi connectivity index (χ1v) is 5.71. The first kappa shape index (κ1) is 12.5. The number of anilines is 1. The summed E-state index contributed by atoms with van der Waals surface area (Å²) in [5.74, 6) is -0.425. The van der Waals surface area contributed by atoms with Gasteiger partial charge in [-0.2, -0.15) is 5.10 Å². The number of carbonyl (C=O) groups excluding carboxylic acids is 1. The second-order valence-corrected chi connectivity index (χ2v) is 3.75. The van der Waals surface area contributed by atoms with Gasteiger partial charge in [-0.25, -0.2) is 4.79 Å². The lowest BCUT2D eigenvalue weighted by Crippen LogP contribution is -2.09. The second kappa shape index (κ2) is 6.87. The number of aromatic amines is 1. The normalized spacial score (nSPS) is 10.3. The van der Waals surface area contributed by atoms with E-state index in [1.165, 1.54) is 25.5 Å². The summed E-state index contributed by atoms with van der Waals surface area (Å²) >= 11 is 0. The van der Waals surface area contributed by atoms with E-state index in [1.807, 2.05) is 0 Å². The zero-order valence-corrected chi connectivity index (χ0v) is 9.66. The molecule has 0 aliphatic rings. The quantitative estimate of drug-likeness (QED) is 0.550. The molecule has 0 bridgehead atoms. The standard InChI is InChI=1S/C11H19N3O2/c1-2-3-4-5-6-7-16-11(15)10-9(12)8-13-14-10/h8H,2-7,12H2,1H3,(H,13,14). The molecule has 1 heterocycles. The fraction of sp³-hybridized carbons (Fsp3) is 0.636. The van der Waals surface area contributed by atoms with E-state index in [4.69, 9.17) is 10.5 Å². The highest BCUT2D eigenvalue weighted by atomic mass is 16.5. The first-order chi connectivity index (χ1) is 7.75. The number of hydrogen-bond donors (Lipinski definition) is 2. The molecule has 0 amide bonds. The third-order valence-electron chi connectivity index (χ3n) is 2.35. The van der Waals surface area contributed by atoms with Crippen LogP contribution in [0.1, 0.15) is 49.5 Å². The monoisotopic (exact) mass is 225 g/mol. The van der Waals surface area contributed by atoms with Crippen LogP contribution in [0.4, 0.5) is 5.69 Å². The van der Waals surface area contributed by atoms with Gasteiger partial charge in [-0.15, -0.1) is 0 Å². The first-order valence-electron chi connectivity index (χ1n) is 5.71. The summed E-state index contributed by atoms with van der Waals surface area (Å²) in [5, 5.41) is 6.18. The molecule has 0 radical (unpaired) electrons. The average Bonchev–Trinajstić information content (AvgIpc) is 2.69. The van der Waals surface area contributed by atoms with E-state index < -0.39 is 5.97 Å². The average molecular weight is 225 g/mol. The minimum atomic E-state index is -0.425. The fourth-order valence-electron chi connectivity index (χ4n) is 1.40. The smallest absolute Gasteiger partial charge is 0.358 e. The Kier molecular flexibility index (Phi) is 5.39. The predicted molar refractivity (Wildman–Crippen MR) is 62.0 cm³/mol. The third-order valence-corrected chi connectivity index (χ3v) is 2.35. The largest absolute Gasteiger partial charge is 0.461 e. The molecule has 90 valence electrons. The highest BCUT2D eigenvalue weighted by Gasteiger charge is 2.12. The van der Waals surface area contributed by atoms with Gasteiger partial charge in [-0.05, 0) is 6.42 Å². The second-order valence-electron chi connectivity index (χ2n) is 3.75. The zero-order valence-electron chi connectivity index (χ0n) is 9.66. The van der Waals surface area contributed by atoms with Gasteiger partial charge in [0.25, 0.3) is 0 Å². The molecule has 0 spiro atoms. The molecule has 16 heavy (non-hydrogen) atoms. The summed E-state index contributed by atoms with van der Waals surface area (Å²) in [7, 11) is 0. The van der Waals surface area contributed by atoms with Crippen LogP contribution >= 0.6 is 0 Å². The molecular weight excluding hydrogens is 206 g/mol. The molecule has 0 saturated carbocycles. The van der Waals surface area contributed by atoms with E-state index >= 15 is 0 Å². The topological polar surface area (TPSA) is 81.0 Å². The molecule has 5 nitrogen and oxygen atoms in total. The van der Waals surface area contributed by atoms with Crippen molar-refractivity contribution in [2.45, 2.75) is 39.0 Å². The van der Waals surface area contributed by atoms with Gasteiger partial charge in [0.1, 0.15) is 0 Å². The summed E-state index contributed by atoms with van der Waals surface area (Å²) in [6.45, 7) is 2.61. The lowest BCUT2D eigenvalue weighted by atomic mass is 10.2. The van der Waals surface area contributed by atoms with Crippen molar-refractivity contribution in [3.63, 3.8) is 0 Å². The number of nitrogens with one attached hydrogen (secondary N) is 1. The Morgan fingerprint density at radius 2 is 2.19 bits per heavy atom. The Balaban J connectivity index is 2.14. The van der Waals surface area contributed by atoms with E-state index in [0.29, 0.717) is 12.3 Å². The molecule has 0 aromatic carbocycles. The van der Waals surface area contributed by atoms with Crippen LogP contribution in [-0.2, 0) is 4.74 Å². The molecule has 0 aliphatic carbocycles.